The Balaban J connectivity index is 1.33. The summed E-state index contributed by atoms with van der Waals surface area (Å²) in [6.45, 7) is 4.23. The van der Waals surface area contributed by atoms with Crippen LogP contribution >= 0.6 is 0 Å². The number of amides is 2. The molecule has 2 amide bonds. The molecule has 2 aromatic rings. The summed E-state index contributed by atoms with van der Waals surface area (Å²) in [5.41, 5.74) is 1.50. The third-order valence-corrected chi connectivity index (χ3v) is 5.97. The van der Waals surface area contributed by atoms with Gasteiger partial charge in [0, 0.05) is 31.8 Å². The number of hydrogen-bond acceptors (Lipinski definition) is 5. The van der Waals surface area contributed by atoms with Gasteiger partial charge < -0.3 is 19.7 Å². The summed E-state index contributed by atoms with van der Waals surface area (Å²) >= 11 is 0. The average Bonchev–Trinajstić information content (AvgIpc) is 3.33. The molecule has 164 valence electrons. The van der Waals surface area contributed by atoms with Crippen LogP contribution in [0.15, 0.2) is 42.6 Å². The highest BCUT2D eigenvalue weighted by molar-refractivity contribution is 5.97. The maximum Gasteiger partial charge on any atom is 0.257 e. The first kappa shape index (κ1) is 21.3. The number of para-hydroxylation sites is 1. The van der Waals surface area contributed by atoms with Gasteiger partial charge in [-0.05, 0) is 56.4 Å². The molecule has 1 atom stereocenters. The van der Waals surface area contributed by atoms with Crippen molar-refractivity contribution in [2.75, 3.05) is 31.6 Å². The molecule has 2 aliphatic rings. The Bertz CT molecular complexity index is 919. The number of nitrogens with zero attached hydrogens (tertiary/aromatic N) is 2. The van der Waals surface area contributed by atoms with E-state index < -0.39 is 0 Å². The molecule has 2 aliphatic heterocycles. The van der Waals surface area contributed by atoms with Crippen LogP contribution in [0.1, 0.15) is 41.6 Å². The Hall–Kier alpha value is -2.93. The first-order valence-electron chi connectivity index (χ1n) is 11.0. The number of aryl methyl sites for hydroxylation is 1. The summed E-state index contributed by atoms with van der Waals surface area (Å²) in [6, 6.07) is 11.1. The van der Waals surface area contributed by atoms with E-state index >= 15 is 0 Å². The molecule has 0 spiro atoms. The van der Waals surface area contributed by atoms with Crippen molar-refractivity contribution in [1.29, 1.82) is 0 Å². The van der Waals surface area contributed by atoms with E-state index in [2.05, 4.69) is 10.3 Å². The zero-order valence-electron chi connectivity index (χ0n) is 17.9. The van der Waals surface area contributed by atoms with Gasteiger partial charge in [-0.25, -0.2) is 4.98 Å². The standard InChI is InChI=1S/C24H29N3O4/c1-17-6-4-12-25-22(17)26-23(28)18-10-13-27(14-11-18)24(29)20-8-2-3-9-21(20)31-16-19-7-5-15-30-19/h2-4,6,8-9,12,18-19H,5,7,10-11,13-16H2,1H3,(H,25,26,28). The van der Waals surface area contributed by atoms with Gasteiger partial charge in [0.25, 0.3) is 5.91 Å². The largest absolute Gasteiger partial charge is 0.490 e. The lowest BCUT2D eigenvalue weighted by Gasteiger charge is -2.31. The molecule has 0 bridgehead atoms. The van der Waals surface area contributed by atoms with Crippen LogP contribution in [0.3, 0.4) is 0 Å². The molecule has 7 heteroatoms. The first-order valence-corrected chi connectivity index (χ1v) is 11.0. The predicted octanol–water partition coefficient (Wildman–Crippen LogP) is 3.44. The van der Waals surface area contributed by atoms with E-state index in [-0.39, 0.29) is 23.8 Å². The minimum atomic E-state index is -0.128. The molecule has 31 heavy (non-hydrogen) atoms. The summed E-state index contributed by atoms with van der Waals surface area (Å²) in [7, 11) is 0. The summed E-state index contributed by atoms with van der Waals surface area (Å²) in [4.78, 5) is 31.8. The third-order valence-electron chi connectivity index (χ3n) is 5.97. The number of benzene rings is 1. The van der Waals surface area contributed by atoms with Crippen molar-refractivity contribution in [1.82, 2.24) is 9.88 Å². The number of rotatable bonds is 6. The molecule has 1 N–H and O–H groups in total. The van der Waals surface area contributed by atoms with E-state index in [0.717, 1.165) is 25.0 Å². The van der Waals surface area contributed by atoms with Crippen LogP contribution < -0.4 is 10.1 Å². The molecular formula is C24H29N3O4. The Morgan fingerprint density at radius 1 is 1.16 bits per heavy atom. The monoisotopic (exact) mass is 423 g/mol. The van der Waals surface area contributed by atoms with Gasteiger partial charge in [0.05, 0.1) is 11.7 Å². The molecule has 3 heterocycles. The zero-order chi connectivity index (χ0) is 21.6. The maximum atomic E-state index is 13.1. The van der Waals surface area contributed by atoms with Crippen LogP contribution in [0, 0.1) is 12.8 Å². The third kappa shape index (κ3) is 5.22. The SMILES string of the molecule is Cc1cccnc1NC(=O)C1CCN(C(=O)c2ccccc2OCC2CCCO2)CC1. The van der Waals surface area contributed by atoms with Crippen molar-refractivity contribution < 1.29 is 19.1 Å². The molecule has 1 aromatic carbocycles. The summed E-state index contributed by atoms with van der Waals surface area (Å²) < 4.78 is 11.5. The van der Waals surface area contributed by atoms with E-state index in [1.165, 1.54) is 0 Å². The van der Waals surface area contributed by atoms with Gasteiger partial charge in [-0.2, -0.15) is 0 Å². The smallest absolute Gasteiger partial charge is 0.257 e. The molecule has 2 saturated heterocycles. The fourth-order valence-electron chi connectivity index (χ4n) is 4.08. The Kier molecular flexibility index (Phi) is 6.82. The Morgan fingerprint density at radius 3 is 2.71 bits per heavy atom. The molecule has 2 fully saturated rings. The normalized spacial score (nSPS) is 19.3. The van der Waals surface area contributed by atoms with Gasteiger partial charge in [-0.1, -0.05) is 18.2 Å². The molecule has 0 radical (unpaired) electrons. The quantitative estimate of drug-likeness (QED) is 0.770. The highest BCUT2D eigenvalue weighted by Crippen LogP contribution is 2.25. The number of anilines is 1. The van der Waals surface area contributed by atoms with Crippen molar-refractivity contribution in [3.05, 3.63) is 53.7 Å². The Morgan fingerprint density at radius 2 is 1.97 bits per heavy atom. The van der Waals surface area contributed by atoms with E-state index in [1.54, 1.807) is 12.3 Å². The minimum absolute atomic E-state index is 0.0332. The summed E-state index contributed by atoms with van der Waals surface area (Å²) in [5, 5.41) is 2.92. The number of ether oxygens (including phenoxy) is 2. The minimum Gasteiger partial charge on any atom is -0.490 e. The van der Waals surface area contributed by atoms with Crippen LogP contribution in [-0.2, 0) is 9.53 Å². The van der Waals surface area contributed by atoms with E-state index in [9.17, 15) is 9.59 Å². The zero-order valence-corrected chi connectivity index (χ0v) is 17.9. The fraction of sp³-hybridized carbons (Fsp3) is 0.458. The molecule has 7 nitrogen and oxygen atoms in total. The second-order valence-electron chi connectivity index (χ2n) is 8.17. The van der Waals surface area contributed by atoms with Gasteiger partial charge >= 0.3 is 0 Å². The number of piperidine rings is 1. The lowest BCUT2D eigenvalue weighted by atomic mass is 9.95. The van der Waals surface area contributed by atoms with Crippen molar-refractivity contribution >= 4 is 17.6 Å². The molecule has 4 rings (SSSR count). The molecule has 1 aromatic heterocycles. The van der Waals surface area contributed by atoms with Crippen molar-refractivity contribution in [2.45, 2.75) is 38.7 Å². The molecule has 1 unspecified atom stereocenters. The van der Waals surface area contributed by atoms with Crippen LogP contribution in [0.25, 0.3) is 0 Å². The lowest BCUT2D eigenvalue weighted by Crippen LogP contribution is -2.41. The van der Waals surface area contributed by atoms with Gasteiger partial charge in [0.15, 0.2) is 0 Å². The number of pyridine rings is 1. The van der Waals surface area contributed by atoms with Gasteiger partial charge in [0.2, 0.25) is 5.91 Å². The van der Waals surface area contributed by atoms with Gasteiger partial charge in [-0.15, -0.1) is 0 Å². The predicted molar refractivity (Wildman–Crippen MR) is 117 cm³/mol. The highest BCUT2D eigenvalue weighted by Gasteiger charge is 2.29. The number of hydrogen-bond donors (Lipinski definition) is 1. The maximum absolute atomic E-state index is 13.1. The van der Waals surface area contributed by atoms with Crippen LogP contribution in [0.4, 0.5) is 5.82 Å². The van der Waals surface area contributed by atoms with Crippen LogP contribution in [0.2, 0.25) is 0 Å². The van der Waals surface area contributed by atoms with Gasteiger partial charge in [-0.3, -0.25) is 9.59 Å². The van der Waals surface area contributed by atoms with Crippen LogP contribution in [0.5, 0.6) is 5.75 Å². The summed E-state index contributed by atoms with van der Waals surface area (Å²) in [6.07, 6.45) is 5.06. The van der Waals surface area contributed by atoms with Crippen molar-refractivity contribution in [3.8, 4) is 5.75 Å². The number of nitrogens with one attached hydrogen (secondary N) is 1. The average molecular weight is 424 g/mol. The number of likely N-dealkylation sites (tertiary alicyclic amines) is 1. The number of carbonyl (C=O) groups excluding carboxylic acids is 2. The highest BCUT2D eigenvalue weighted by atomic mass is 16.5. The molecule has 0 saturated carbocycles. The fourth-order valence-corrected chi connectivity index (χ4v) is 4.08. The van der Waals surface area contributed by atoms with Crippen molar-refractivity contribution in [2.24, 2.45) is 5.92 Å². The second kappa shape index (κ2) is 9.92. The molecular weight excluding hydrogens is 394 g/mol. The van der Waals surface area contributed by atoms with Crippen LogP contribution in [-0.4, -0.2) is 54.1 Å². The van der Waals surface area contributed by atoms with E-state index in [1.807, 2.05) is 42.2 Å². The number of carbonyl (C=O) groups is 2. The topological polar surface area (TPSA) is 80.8 Å². The number of aromatic nitrogens is 1. The lowest BCUT2D eigenvalue weighted by molar-refractivity contribution is -0.121. The van der Waals surface area contributed by atoms with Crippen molar-refractivity contribution in [3.63, 3.8) is 0 Å². The van der Waals surface area contributed by atoms with E-state index in [4.69, 9.17) is 9.47 Å². The molecule has 0 aliphatic carbocycles. The Labute approximate surface area is 182 Å². The second-order valence-corrected chi connectivity index (χ2v) is 8.17. The summed E-state index contributed by atoms with van der Waals surface area (Å²) in [5.74, 6) is 0.977. The first-order chi connectivity index (χ1) is 15.1. The van der Waals surface area contributed by atoms with Gasteiger partial charge in [0.1, 0.15) is 18.2 Å². The van der Waals surface area contributed by atoms with E-state index in [0.29, 0.717) is 49.7 Å².